The Morgan fingerprint density at radius 1 is 0.700 bits per heavy atom. The van der Waals surface area contributed by atoms with Crippen molar-refractivity contribution in [1.29, 1.82) is 0 Å². The Morgan fingerprint density at radius 2 is 1.10 bits per heavy atom. The summed E-state index contributed by atoms with van der Waals surface area (Å²) in [7, 11) is 0. The Kier molecular flexibility index (Phi) is 36.5. The van der Waals surface area contributed by atoms with Crippen LogP contribution in [-0.2, 0) is 0 Å². The minimum atomic E-state index is 0. The van der Waals surface area contributed by atoms with Crippen molar-refractivity contribution in [1.82, 2.24) is 11.1 Å². The molecular formula is C5H11Br3N2. The zero-order valence-corrected chi connectivity index (χ0v) is 10.4. The molecule has 10 heavy (non-hydrogen) atoms. The van der Waals surface area contributed by atoms with Crippen LogP contribution in [0, 0.1) is 0 Å². The Labute approximate surface area is 92.3 Å². The highest BCUT2D eigenvalue weighted by atomic mass is 79.9. The van der Waals surface area contributed by atoms with E-state index in [1.165, 1.54) is 0 Å². The first-order valence-electron chi connectivity index (χ1n) is 1.85. The van der Waals surface area contributed by atoms with Gasteiger partial charge in [-0.25, -0.2) is 0 Å². The predicted octanol–water partition coefficient (Wildman–Crippen LogP) is 2.98. The standard InChI is InChI=1S/C5H5N.3BrH.H3N/c1-2-4-6-5-3-1;;;;/h1-5H;3*1H;1H3. The maximum absolute atomic E-state index is 3.78. The maximum atomic E-state index is 3.78. The summed E-state index contributed by atoms with van der Waals surface area (Å²) < 4.78 is 0. The van der Waals surface area contributed by atoms with Gasteiger partial charge >= 0.3 is 0 Å². The number of nitrogens with zero attached hydrogens (tertiary/aromatic N) is 1. The van der Waals surface area contributed by atoms with E-state index < -0.39 is 0 Å². The largest absolute Gasteiger partial charge is 0.344 e. The summed E-state index contributed by atoms with van der Waals surface area (Å²) in [6, 6.07) is 5.72. The van der Waals surface area contributed by atoms with Crippen LogP contribution in [0.15, 0.2) is 30.6 Å². The summed E-state index contributed by atoms with van der Waals surface area (Å²) in [5.74, 6) is 0. The molecule has 0 aliphatic rings. The molecule has 1 aromatic rings. The van der Waals surface area contributed by atoms with Crippen molar-refractivity contribution < 1.29 is 0 Å². The topological polar surface area (TPSA) is 47.9 Å². The molecule has 0 radical (unpaired) electrons. The van der Waals surface area contributed by atoms with Crippen LogP contribution < -0.4 is 6.15 Å². The maximum Gasteiger partial charge on any atom is 0.0267 e. The monoisotopic (exact) mass is 336 g/mol. The van der Waals surface area contributed by atoms with Crippen LogP contribution in [0.3, 0.4) is 0 Å². The second-order valence-corrected chi connectivity index (χ2v) is 1.02. The second kappa shape index (κ2) is 16.3. The first-order valence-corrected chi connectivity index (χ1v) is 1.85. The molecule has 0 amide bonds. The average molecular weight is 339 g/mol. The average Bonchev–Trinajstić information content (AvgIpc) is 1.72. The quantitative estimate of drug-likeness (QED) is 0.790. The van der Waals surface area contributed by atoms with Gasteiger partial charge in [0.05, 0.1) is 0 Å². The highest BCUT2D eigenvalue weighted by molar-refractivity contribution is 8.93. The van der Waals surface area contributed by atoms with Crippen LogP contribution in [0.1, 0.15) is 0 Å². The SMILES string of the molecule is Br.Br.Br.N.c1ccncc1. The lowest BCUT2D eigenvalue weighted by Gasteiger charge is -1.70. The van der Waals surface area contributed by atoms with Crippen LogP contribution in [0.4, 0.5) is 0 Å². The van der Waals surface area contributed by atoms with Gasteiger partial charge in [-0.15, -0.1) is 50.9 Å². The normalized spacial score (nSPS) is 4.80. The van der Waals surface area contributed by atoms with E-state index in [4.69, 9.17) is 0 Å². The first kappa shape index (κ1) is 22.4. The molecule has 0 aliphatic carbocycles. The van der Waals surface area contributed by atoms with Crippen molar-refractivity contribution in [2.75, 3.05) is 0 Å². The summed E-state index contributed by atoms with van der Waals surface area (Å²) >= 11 is 0. The van der Waals surface area contributed by atoms with E-state index in [0.717, 1.165) is 0 Å². The van der Waals surface area contributed by atoms with Gasteiger partial charge in [0.1, 0.15) is 0 Å². The third-order valence-electron chi connectivity index (χ3n) is 0.566. The van der Waals surface area contributed by atoms with Crippen molar-refractivity contribution in [2.24, 2.45) is 0 Å². The molecule has 0 aromatic carbocycles. The molecule has 1 rings (SSSR count). The summed E-state index contributed by atoms with van der Waals surface area (Å²) in [4.78, 5) is 3.78. The van der Waals surface area contributed by atoms with Crippen LogP contribution in [0.25, 0.3) is 0 Å². The molecule has 3 N–H and O–H groups in total. The van der Waals surface area contributed by atoms with Crippen molar-refractivity contribution in [3.8, 4) is 0 Å². The Balaban J connectivity index is -0.0000000450. The van der Waals surface area contributed by atoms with Crippen LogP contribution in [0.5, 0.6) is 0 Å². The Bertz CT molecular complexity index is 86.8. The van der Waals surface area contributed by atoms with Crippen molar-refractivity contribution in [2.45, 2.75) is 0 Å². The summed E-state index contributed by atoms with van der Waals surface area (Å²) in [5.41, 5.74) is 0. The van der Waals surface area contributed by atoms with Gasteiger partial charge in [-0.05, 0) is 12.1 Å². The summed E-state index contributed by atoms with van der Waals surface area (Å²) in [6.45, 7) is 0. The summed E-state index contributed by atoms with van der Waals surface area (Å²) in [6.07, 6.45) is 3.50. The molecule has 0 fully saturated rings. The van der Waals surface area contributed by atoms with Gasteiger partial charge in [0.25, 0.3) is 0 Å². The highest BCUT2D eigenvalue weighted by Crippen LogP contribution is 1.73. The molecule has 0 atom stereocenters. The van der Waals surface area contributed by atoms with Gasteiger partial charge in [-0.2, -0.15) is 0 Å². The van der Waals surface area contributed by atoms with E-state index in [1.54, 1.807) is 12.4 Å². The lowest BCUT2D eigenvalue weighted by atomic mass is 10.5. The molecule has 0 saturated carbocycles. The molecule has 0 unspecified atom stereocenters. The van der Waals surface area contributed by atoms with Gasteiger partial charge in [-0.1, -0.05) is 6.07 Å². The van der Waals surface area contributed by atoms with E-state index >= 15 is 0 Å². The number of hydrogen-bond acceptors (Lipinski definition) is 2. The lowest BCUT2D eigenvalue weighted by molar-refractivity contribution is 1.33. The second-order valence-electron chi connectivity index (χ2n) is 1.02. The molecule has 0 spiro atoms. The number of rotatable bonds is 0. The smallest absolute Gasteiger partial charge is 0.0267 e. The number of aromatic nitrogens is 1. The number of pyridine rings is 1. The van der Waals surface area contributed by atoms with Crippen molar-refractivity contribution in [3.05, 3.63) is 30.6 Å². The Morgan fingerprint density at radius 3 is 1.20 bits per heavy atom. The van der Waals surface area contributed by atoms with Crippen LogP contribution in [-0.4, -0.2) is 4.98 Å². The zero-order chi connectivity index (χ0) is 4.24. The van der Waals surface area contributed by atoms with E-state index in [0.29, 0.717) is 0 Å². The van der Waals surface area contributed by atoms with E-state index in [-0.39, 0.29) is 57.1 Å². The van der Waals surface area contributed by atoms with Gasteiger partial charge in [0.15, 0.2) is 0 Å². The molecule has 0 aliphatic heterocycles. The van der Waals surface area contributed by atoms with Gasteiger partial charge in [0, 0.05) is 12.4 Å². The molecule has 1 heterocycles. The van der Waals surface area contributed by atoms with E-state index in [1.807, 2.05) is 18.2 Å². The first-order chi connectivity index (χ1) is 3.00. The van der Waals surface area contributed by atoms with Gasteiger partial charge < -0.3 is 6.15 Å². The molecule has 0 bridgehead atoms. The van der Waals surface area contributed by atoms with Gasteiger partial charge in [0.2, 0.25) is 0 Å². The zero-order valence-electron chi connectivity index (χ0n) is 5.27. The lowest BCUT2D eigenvalue weighted by Crippen LogP contribution is -1.58. The fourth-order valence-electron chi connectivity index (χ4n) is 0.313. The van der Waals surface area contributed by atoms with Crippen LogP contribution in [0.2, 0.25) is 0 Å². The van der Waals surface area contributed by atoms with E-state index in [9.17, 15) is 0 Å². The Hall–Kier alpha value is 0.550. The predicted molar refractivity (Wildman–Crippen MR) is 60.2 cm³/mol. The number of halogens is 3. The fourth-order valence-corrected chi connectivity index (χ4v) is 0.313. The number of hydrogen-bond donors (Lipinski definition) is 1. The minimum absolute atomic E-state index is 0. The minimum Gasteiger partial charge on any atom is -0.344 e. The molecule has 1 aromatic heterocycles. The van der Waals surface area contributed by atoms with E-state index in [2.05, 4.69) is 4.98 Å². The van der Waals surface area contributed by atoms with Crippen LogP contribution >= 0.6 is 50.9 Å². The summed E-state index contributed by atoms with van der Waals surface area (Å²) in [5, 5.41) is 0. The van der Waals surface area contributed by atoms with Crippen molar-refractivity contribution in [3.63, 3.8) is 0 Å². The third-order valence-corrected chi connectivity index (χ3v) is 0.566. The highest BCUT2D eigenvalue weighted by Gasteiger charge is 1.58. The molecule has 5 heteroatoms. The van der Waals surface area contributed by atoms with Gasteiger partial charge in [-0.3, -0.25) is 4.98 Å². The third kappa shape index (κ3) is 11.4. The molecule has 0 saturated heterocycles. The molecular weight excluding hydrogens is 328 g/mol. The van der Waals surface area contributed by atoms with Crippen molar-refractivity contribution >= 4 is 50.9 Å². The molecule has 62 valence electrons. The fraction of sp³-hybridized carbons (Fsp3) is 0. The molecule has 2 nitrogen and oxygen atoms in total.